The fourth-order valence-electron chi connectivity index (χ4n) is 4.55. The number of carbonyl (C=O) groups is 1. The number of hydrogen-bond donors (Lipinski definition) is 1. The minimum Gasteiger partial charge on any atom is -0.491 e. The summed E-state index contributed by atoms with van der Waals surface area (Å²) in [6.45, 7) is 6.11. The summed E-state index contributed by atoms with van der Waals surface area (Å²) >= 11 is 1.59. The number of nitrogens with one attached hydrogen (secondary N) is 1. The molecule has 2 aromatic heterocycles. The van der Waals surface area contributed by atoms with Gasteiger partial charge < -0.3 is 10.1 Å². The third-order valence-electron chi connectivity index (χ3n) is 6.18. The van der Waals surface area contributed by atoms with E-state index >= 15 is 0 Å². The Morgan fingerprint density at radius 3 is 2.74 bits per heavy atom. The molecule has 0 saturated heterocycles. The third-order valence-corrected chi connectivity index (χ3v) is 7.18. The standard InChI is InChI=1S/C28H28N4O2S/c1-17(2)34-25-13-12-19(15-18(25)3)27-31-32-28(35-27)23-10-4-9-22-21(23)8-5-11-24(22)30-26(33)20-7-6-14-29-16-20/h4,6-7,9-10,12-17,24H,5,8,11H2,1-3H3,(H,30,33). The minimum absolute atomic E-state index is 0.0325. The van der Waals surface area contributed by atoms with E-state index in [-0.39, 0.29) is 18.1 Å². The Kier molecular flexibility index (Phi) is 6.59. The van der Waals surface area contributed by atoms with Gasteiger partial charge in [-0.3, -0.25) is 9.78 Å². The molecule has 5 rings (SSSR count). The molecule has 1 N–H and O–H groups in total. The zero-order valence-corrected chi connectivity index (χ0v) is 20.9. The van der Waals surface area contributed by atoms with Crippen molar-refractivity contribution in [3.63, 3.8) is 0 Å². The second kappa shape index (κ2) is 9.96. The summed E-state index contributed by atoms with van der Waals surface area (Å²) in [5.74, 6) is 0.796. The van der Waals surface area contributed by atoms with Crippen LogP contribution in [0.5, 0.6) is 5.75 Å². The van der Waals surface area contributed by atoms with E-state index in [0.29, 0.717) is 5.56 Å². The molecule has 1 atom stereocenters. The molecule has 7 heteroatoms. The SMILES string of the molecule is Cc1cc(-c2nnc(-c3cccc4c3CCCC4NC(=O)c3cccnc3)s2)ccc1OC(C)C. The predicted octanol–water partition coefficient (Wildman–Crippen LogP) is 6.17. The number of hydrogen-bond acceptors (Lipinski definition) is 6. The van der Waals surface area contributed by atoms with Gasteiger partial charge in [0.1, 0.15) is 15.8 Å². The van der Waals surface area contributed by atoms with Crippen LogP contribution in [0.1, 0.15) is 59.8 Å². The number of amides is 1. The second-order valence-electron chi connectivity index (χ2n) is 9.09. The number of aryl methyl sites for hydroxylation is 1. The molecule has 2 aromatic carbocycles. The van der Waals surface area contributed by atoms with E-state index in [0.717, 1.165) is 57.3 Å². The van der Waals surface area contributed by atoms with E-state index in [4.69, 9.17) is 4.74 Å². The smallest absolute Gasteiger partial charge is 0.253 e. The van der Waals surface area contributed by atoms with Crippen molar-refractivity contribution in [2.45, 2.75) is 52.2 Å². The molecule has 35 heavy (non-hydrogen) atoms. The highest BCUT2D eigenvalue weighted by Crippen LogP contribution is 2.39. The first-order valence-corrected chi connectivity index (χ1v) is 12.8. The maximum absolute atomic E-state index is 12.8. The van der Waals surface area contributed by atoms with Crippen LogP contribution in [0.3, 0.4) is 0 Å². The lowest BCUT2D eigenvalue weighted by Crippen LogP contribution is -2.31. The topological polar surface area (TPSA) is 77.0 Å². The first kappa shape index (κ1) is 23.2. The van der Waals surface area contributed by atoms with Crippen LogP contribution in [-0.2, 0) is 6.42 Å². The molecule has 4 aromatic rings. The first-order valence-electron chi connectivity index (χ1n) is 11.9. The zero-order chi connectivity index (χ0) is 24.4. The van der Waals surface area contributed by atoms with E-state index in [1.165, 1.54) is 5.56 Å². The number of carbonyl (C=O) groups excluding carboxylic acids is 1. The summed E-state index contributed by atoms with van der Waals surface area (Å²) in [5, 5.41) is 14.0. The van der Waals surface area contributed by atoms with Crippen molar-refractivity contribution in [2.75, 3.05) is 0 Å². The molecule has 0 saturated carbocycles. The first-order chi connectivity index (χ1) is 17.0. The van der Waals surface area contributed by atoms with Crippen LogP contribution in [0.15, 0.2) is 60.9 Å². The Bertz CT molecular complexity index is 1350. The molecule has 2 heterocycles. The Labute approximate surface area is 209 Å². The molecule has 1 unspecified atom stereocenters. The number of fused-ring (bicyclic) bond motifs is 1. The minimum atomic E-state index is -0.0974. The Morgan fingerprint density at radius 1 is 1.11 bits per heavy atom. The molecule has 0 aliphatic heterocycles. The molecule has 1 amide bonds. The number of rotatable bonds is 6. The van der Waals surface area contributed by atoms with E-state index in [1.54, 1.807) is 35.9 Å². The van der Waals surface area contributed by atoms with Crippen LogP contribution in [0.2, 0.25) is 0 Å². The summed E-state index contributed by atoms with van der Waals surface area (Å²) in [7, 11) is 0. The molecule has 1 aliphatic rings. The average Bonchev–Trinajstić information content (AvgIpc) is 3.35. The van der Waals surface area contributed by atoms with E-state index in [9.17, 15) is 4.79 Å². The highest BCUT2D eigenvalue weighted by atomic mass is 32.1. The van der Waals surface area contributed by atoms with Crippen molar-refractivity contribution in [3.05, 3.63) is 83.2 Å². The maximum Gasteiger partial charge on any atom is 0.253 e. The zero-order valence-electron chi connectivity index (χ0n) is 20.1. The van der Waals surface area contributed by atoms with Gasteiger partial charge in [-0.2, -0.15) is 0 Å². The molecule has 0 fully saturated rings. The van der Waals surface area contributed by atoms with Crippen molar-refractivity contribution in [1.82, 2.24) is 20.5 Å². The number of ether oxygens (including phenoxy) is 1. The van der Waals surface area contributed by atoms with E-state index in [2.05, 4.69) is 45.6 Å². The van der Waals surface area contributed by atoms with Gasteiger partial charge >= 0.3 is 0 Å². The van der Waals surface area contributed by atoms with Crippen molar-refractivity contribution < 1.29 is 9.53 Å². The number of aromatic nitrogens is 3. The third kappa shape index (κ3) is 4.95. The monoisotopic (exact) mass is 484 g/mol. The van der Waals surface area contributed by atoms with Crippen LogP contribution in [0.4, 0.5) is 0 Å². The Morgan fingerprint density at radius 2 is 1.97 bits per heavy atom. The van der Waals surface area contributed by atoms with Crippen LogP contribution in [0.25, 0.3) is 21.1 Å². The highest BCUT2D eigenvalue weighted by molar-refractivity contribution is 7.17. The van der Waals surface area contributed by atoms with E-state index < -0.39 is 0 Å². The summed E-state index contributed by atoms with van der Waals surface area (Å²) < 4.78 is 5.87. The average molecular weight is 485 g/mol. The maximum atomic E-state index is 12.8. The van der Waals surface area contributed by atoms with Gasteiger partial charge in [-0.1, -0.05) is 29.5 Å². The quantitative estimate of drug-likeness (QED) is 0.354. The summed E-state index contributed by atoms with van der Waals surface area (Å²) in [6, 6.07) is 16.0. The fraction of sp³-hybridized carbons (Fsp3) is 0.286. The Hall–Kier alpha value is -3.58. The van der Waals surface area contributed by atoms with Crippen molar-refractivity contribution in [3.8, 4) is 26.9 Å². The molecule has 0 bridgehead atoms. The fourth-order valence-corrected chi connectivity index (χ4v) is 5.45. The van der Waals surface area contributed by atoms with E-state index in [1.807, 2.05) is 32.0 Å². The largest absolute Gasteiger partial charge is 0.491 e. The summed E-state index contributed by atoms with van der Waals surface area (Å²) in [6.07, 6.45) is 6.28. The number of benzene rings is 2. The number of pyridine rings is 1. The van der Waals surface area contributed by atoms with Crippen LogP contribution in [0, 0.1) is 6.92 Å². The molecule has 178 valence electrons. The Balaban J connectivity index is 1.41. The number of nitrogens with zero attached hydrogens (tertiary/aromatic N) is 3. The van der Waals surface area contributed by atoms with Gasteiger partial charge in [-0.15, -0.1) is 10.2 Å². The van der Waals surface area contributed by atoms with Gasteiger partial charge in [-0.05, 0) is 87.1 Å². The summed E-state index contributed by atoms with van der Waals surface area (Å²) in [4.78, 5) is 16.8. The molecule has 0 radical (unpaired) electrons. The molecular weight excluding hydrogens is 456 g/mol. The molecule has 0 spiro atoms. The van der Waals surface area contributed by atoms with Gasteiger partial charge in [0, 0.05) is 23.5 Å². The van der Waals surface area contributed by atoms with Crippen LogP contribution >= 0.6 is 11.3 Å². The lowest BCUT2D eigenvalue weighted by atomic mass is 9.85. The van der Waals surface area contributed by atoms with Crippen molar-refractivity contribution in [2.24, 2.45) is 0 Å². The van der Waals surface area contributed by atoms with Gasteiger partial charge in [-0.25, -0.2) is 0 Å². The lowest BCUT2D eigenvalue weighted by molar-refractivity contribution is 0.0932. The van der Waals surface area contributed by atoms with Crippen LogP contribution in [-0.4, -0.2) is 27.2 Å². The van der Waals surface area contributed by atoms with Gasteiger partial charge in [0.2, 0.25) is 0 Å². The van der Waals surface area contributed by atoms with Crippen molar-refractivity contribution in [1.29, 1.82) is 0 Å². The second-order valence-corrected chi connectivity index (χ2v) is 10.1. The summed E-state index contributed by atoms with van der Waals surface area (Å²) in [5.41, 5.74) is 6.20. The van der Waals surface area contributed by atoms with Gasteiger partial charge in [0.05, 0.1) is 17.7 Å². The van der Waals surface area contributed by atoms with Gasteiger partial charge in [0.25, 0.3) is 5.91 Å². The predicted molar refractivity (Wildman–Crippen MR) is 139 cm³/mol. The molecular formula is C28H28N4O2S. The van der Waals surface area contributed by atoms with Crippen molar-refractivity contribution >= 4 is 17.2 Å². The highest BCUT2D eigenvalue weighted by Gasteiger charge is 2.25. The van der Waals surface area contributed by atoms with Crippen LogP contribution < -0.4 is 10.1 Å². The lowest BCUT2D eigenvalue weighted by Gasteiger charge is -2.27. The molecule has 6 nitrogen and oxygen atoms in total. The molecule has 1 aliphatic carbocycles. The normalized spacial score (nSPS) is 15.0. The van der Waals surface area contributed by atoms with Gasteiger partial charge in [0.15, 0.2) is 0 Å².